The van der Waals surface area contributed by atoms with Crippen LogP contribution in [0.25, 0.3) is 0 Å². The van der Waals surface area contributed by atoms with E-state index < -0.39 is 37.3 Å². The number of hydrogen-bond donors (Lipinski definition) is 6. The van der Waals surface area contributed by atoms with Crippen molar-refractivity contribution < 1.29 is 30.3 Å². The van der Waals surface area contributed by atoms with Gasteiger partial charge in [0.25, 0.3) is 0 Å². The molecule has 1 aromatic carbocycles. The number of ether oxygens (including phenoxy) is 1. The quantitative estimate of drug-likeness (QED) is 0.374. The first-order valence-corrected chi connectivity index (χ1v) is 5.89. The van der Waals surface area contributed by atoms with Crippen LogP contribution in [0, 0.1) is 0 Å². The first kappa shape index (κ1) is 14.0. The molecular formula is C12H17NO6. The Morgan fingerprint density at radius 3 is 2.37 bits per heavy atom. The number of nitrogens with one attached hydrogen (secondary N) is 1. The number of benzene rings is 1. The summed E-state index contributed by atoms with van der Waals surface area (Å²) in [5.74, 6) is -0.0422. The third-order valence-electron chi connectivity index (χ3n) is 3.09. The summed E-state index contributed by atoms with van der Waals surface area (Å²) in [4.78, 5) is 0. The van der Waals surface area contributed by atoms with Crippen LogP contribution < -0.4 is 5.32 Å². The van der Waals surface area contributed by atoms with E-state index in [1.54, 1.807) is 18.2 Å². The van der Waals surface area contributed by atoms with Gasteiger partial charge in [0, 0.05) is 0 Å². The van der Waals surface area contributed by atoms with Crippen molar-refractivity contribution in [1.29, 1.82) is 0 Å². The zero-order valence-electron chi connectivity index (χ0n) is 10.0. The van der Waals surface area contributed by atoms with Gasteiger partial charge in [-0.15, -0.1) is 0 Å². The Bertz CT molecular complexity index is 426. The van der Waals surface area contributed by atoms with Gasteiger partial charge in [0.05, 0.1) is 12.3 Å². The molecule has 19 heavy (non-hydrogen) atoms. The number of aromatic hydroxyl groups is 1. The van der Waals surface area contributed by atoms with Gasteiger partial charge in [0.2, 0.25) is 0 Å². The maximum absolute atomic E-state index is 9.81. The Hall–Kier alpha value is -1.38. The maximum atomic E-state index is 9.81. The van der Waals surface area contributed by atoms with E-state index in [4.69, 9.17) is 9.84 Å². The van der Waals surface area contributed by atoms with E-state index in [0.29, 0.717) is 5.69 Å². The van der Waals surface area contributed by atoms with Gasteiger partial charge < -0.3 is 35.6 Å². The van der Waals surface area contributed by atoms with Crippen LogP contribution in [0.5, 0.6) is 5.75 Å². The van der Waals surface area contributed by atoms with E-state index in [1.807, 2.05) is 0 Å². The van der Waals surface area contributed by atoms with Crippen LogP contribution in [0.4, 0.5) is 5.69 Å². The largest absolute Gasteiger partial charge is 0.506 e. The lowest BCUT2D eigenvalue weighted by Gasteiger charge is -2.40. The van der Waals surface area contributed by atoms with Crippen molar-refractivity contribution in [2.45, 2.75) is 30.6 Å². The van der Waals surface area contributed by atoms with Gasteiger partial charge in [-0.3, -0.25) is 0 Å². The fourth-order valence-electron chi connectivity index (χ4n) is 1.97. The van der Waals surface area contributed by atoms with Crippen molar-refractivity contribution in [3.05, 3.63) is 24.3 Å². The number of hydrogen-bond acceptors (Lipinski definition) is 7. The second-order valence-electron chi connectivity index (χ2n) is 4.41. The van der Waals surface area contributed by atoms with Crippen molar-refractivity contribution in [2.75, 3.05) is 11.9 Å². The molecule has 0 aliphatic carbocycles. The van der Waals surface area contributed by atoms with Crippen molar-refractivity contribution in [3.8, 4) is 5.75 Å². The Kier molecular flexibility index (Phi) is 4.23. The summed E-state index contributed by atoms with van der Waals surface area (Å²) in [6, 6.07) is 6.32. The molecule has 0 saturated carbocycles. The molecule has 0 radical (unpaired) electrons. The molecule has 1 heterocycles. The predicted octanol–water partition coefficient (Wildman–Crippen LogP) is -1.40. The molecule has 7 nitrogen and oxygen atoms in total. The zero-order valence-corrected chi connectivity index (χ0v) is 10.0. The summed E-state index contributed by atoms with van der Waals surface area (Å²) >= 11 is 0. The molecule has 1 saturated heterocycles. The van der Waals surface area contributed by atoms with Crippen LogP contribution in [-0.4, -0.2) is 62.8 Å². The van der Waals surface area contributed by atoms with Crippen molar-refractivity contribution in [2.24, 2.45) is 0 Å². The number of phenolic OH excluding ortho intramolecular Hbond substituents is 1. The van der Waals surface area contributed by atoms with Crippen molar-refractivity contribution in [1.82, 2.24) is 0 Å². The fourth-order valence-corrected chi connectivity index (χ4v) is 1.97. The molecule has 7 heteroatoms. The monoisotopic (exact) mass is 271 g/mol. The molecule has 106 valence electrons. The number of aliphatic hydroxyl groups is 4. The highest BCUT2D eigenvalue weighted by molar-refractivity contribution is 5.55. The molecule has 0 amide bonds. The second kappa shape index (κ2) is 5.72. The zero-order chi connectivity index (χ0) is 14.0. The van der Waals surface area contributed by atoms with E-state index in [9.17, 15) is 20.4 Å². The van der Waals surface area contributed by atoms with Crippen LogP contribution in [0.1, 0.15) is 0 Å². The Balaban J connectivity index is 2.13. The van der Waals surface area contributed by atoms with E-state index in [-0.39, 0.29) is 5.75 Å². The maximum Gasteiger partial charge on any atom is 0.157 e. The van der Waals surface area contributed by atoms with Gasteiger partial charge in [-0.05, 0) is 12.1 Å². The van der Waals surface area contributed by atoms with Gasteiger partial charge >= 0.3 is 0 Å². The van der Waals surface area contributed by atoms with Gasteiger partial charge in [-0.2, -0.15) is 0 Å². The summed E-state index contributed by atoms with van der Waals surface area (Å²) < 4.78 is 5.26. The molecule has 1 aliphatic rings. The molecule has 0 bridgehead atoms. The van der Waals surface area contributed by atoms with Gasteiger partial charge in [0.15, 0.2) is 6.23 Å². The molecule has 0 spiro atoms. The minimum absolute atomic E-state index is 0.0422. The van der Waals surface area contributed by atoms with E-state index in [2.05, 4.69) is 5.32 Å². The average molecular weight is 271 g/mol. The average Bonchev–Trinajstić information content (AvgIpc) is 2.41. The molecule has 6 N–H and O–H groups in total. The molecule has 1 fully saturated rings. The van der Waals surface area contributed by atoms with Crippen LogP contribution in [0.3, 0.4) is 0 Å². The smallest absolute Gasteiger partial charge is 0.157 e. The van der Waals surface area contributed by atoms with Gasteiger partial charge in [-0.1, -0.05) is 12.1 Å². The molecule has 5 unspecified atom stereocenters. The number of phenols is 1. The summed E-state index contributed by atoms with van der Waals surface area (Å²) in [5.41, 5.74) is 0.312. The standard InChI is InChI=1S/C12H17NO6/c14-5-8-9(16)10(17)11(18)12(19-8)13-6-3-1-2-4-7(6)15/h1-4,8-18H,5H2. The van der Waals surface area contributed by atoms with Gasteiger partial charge in [0.1, 0.15) is 30.2 Å². The number of rotatable bonds is 3. The SMILES string of the molecule is OCC1OC(Nc2ccccc2O)C(O)C(O)C1O. The van der Waals surface area contributed by atoms with Crippen molar-refractivity contribution in [3.63, 3.8) is 0 Å². The highest BCUT2D eigenvalue weighted by Gasteiger charge is 2.43. The van der Waals surface area contributed by atoms with Crippen LogP contribution >= 0.6 is 0 Å². The first-order valence-electron chi connectivity index (χ1n) is 5.89. The number of aliphatic hydroxyl groups excluding tert-OH is 4. The molecule has 1 aromatic rings. The summed E-state index contributed by atoms with van der Waals surface area (Å²) in [5, 5.41) is 50.4. The molecule has 1 aliphatic heterocycles. The topological polar surface area (TPSA) is 122 Å². The molecule has 0 aromatic heterocycles. The third kappa shape index (κ3) is 2.80. The van der Waals surface area contributed by atoms with Crippen LogP contribution in [0.2, 0.25) is 0 Å². The predicted molar refractivity (Wildman–Crippen MR) is 65.5 cm³/mol. The lowest BCUT2D eigenvalue weighted by Crippen LogP contribution is -2.60. The number of para-hydroxylation sites is 2. The van der Waals surface area contributed by atoms with E-state index in [0.717, 1.165) is 0 Å². The molecule has 5 atom stereocenters. The Labute approximate surface area is 109 Å². The minimum Gasteiger partial charge on any atom is -0.506 e. The highest BCUT2D eigenvalue weighted by atomic mass is 16.6. The summed E-state index contributed by atoms with van der Waals surface area (Å²) in [6.07, 6.45) is -6.28. The lowest BCUT2D eigenvalue weighted by atomic mass is 9.98. The third-order valence-corrected chi connectivity index (χ3v) is 3.09. The summed E-state index contributed by atoms with van der Waals surface area (Å²) in [6.45, 7) is -0.496. The Morgan fingerprint density at radius 2 is 1.74 bits per heavy atom. The molecular weight excluding hydrogens is 254 g/mol. The normalized spacial score (nSPS) is 35.1. The first-order chi connectivity index (χ1) is 9.04. The van der Waals surface area contributed by atoms with E-state index in [1.165, 1.54) is 6.07 Å². The Morgan fingerprint density at radius 1 is 1.05 bits per heavy atom. The van der Waals surface area contributed by atoms with Crippen LogP contribution in [-0.2, 0) is 4.74 Å². The minimum atomic E-state index is -1.45. The summed E-state index contributed by atoms with van der Waals surface area (Å²) in [7, 11) is 0. The lowest BCUT2D eigenvalue weighted by molar-refractivity contribution is -0.221. The highest BCUT2D eigenvalue weighted by Crippen LogP contribution is 2.27. The van der Waals surface area contributed by atoms with Crippen LogP contribution in [0.15, 0.2) is 24.3 Å². The van der Waals surface area contributed by atoms with Gasteiger partial charge in [-0.25, -0.2) is 0 Å². The number of anilines is 1. The molecule has 2 rings (SSSR count). The second-order valence-corrected chi connectivity index (χ2v) is 4.41. The van der Waals surface area contributed by atoms with E-state index >= 15 is 0 Å². The fraction of sp³-hybridized carbons (Fsp3) is 0.500. The van der Waals surface area contributed by atoms with Crippen molar-refractivity contribution >= 4 is 5.69 Å².